The number of anilines is 1. The van der Waals surface area contributed by atoms with Gasteiger partial charge in [-0.15, -0.1) is 0 Å². The minimum atomic E-state index is -0.610. The molecule has 2 aromatic carbocycles. The zero-order chi connectivity index (χ0) is 22.3. The number of benzene rings is 2. The van der Waals surface area contributed by atoms with Crippen LogP contribution < -0.4 is 20.1 Å². The molecule has 0 fully saturated rings. The fraction of sp³-hybridized carbons (Fsp3) is 0.391. The van der Waals surface area contributed by atoms with Crippen LogP contribution in [-0.2, 0) is 4.79 Å². The lowest BCUT2D eigenvalue weighted by molar-refractivity contribution is -0.118. The molecule has 2 N–H and O–H groups in total. The summed E-state index contributed by atoms with van der Waals surface area (Å²) in [6.45, 7) is 9.74. The van der Waals surface area contributed by atoms with Crippen molar-refractivity contribution in [3.8, 4) is 11.5 Å². The molecule has 6 nitrogen and oxygen atoms in total. The van der Waals surface area contributed by atoms with Crippen molar-refractivity contribution in [1.29, 1.82) is 0 Å². The summed E-state index contributed by atoms with van der Waals surface area (Å²) in [5.74, 6) is -0.318. The lowest BCUT2D eigenvalue weighted by Gasteiger charge is -2.18. The van der Waals surface area contributed by atoms with Crippen LogP contribution in [0.5, 0.6) is 11.5 Å². The second-order valence-electron chi connectivity index (χ2n) is 7.10. The molecule has 1 unspecified atom stereocenters. The summed E-state index contributed by atoms with van der Waals surface area (Å²) in [5.41, 5.74) is 1.06. The smallest absolute Gasteiger partial charge is 0.255 e. The zero-order valence-electron chi connectivity index (χ0n) is 18.0. The maximum atomic E-state index is 14.3. The van der Waals surface area contributed by atoms with Crippen LogP contribution in [-0.4, -0.2) is 25.0 Å². The molecule has 2 aromatic rings. The molecule has 0 saturated heterocycles. The van der Waals surface area contributed by atoms with Gasteiger partial charge in [0.15, 0.2) is 0 Å². The van der Waals surface area contributed by atoms with Gasteiger partial charge < -0.3 is 20.1 Å². The van der Waals surface area contributed by atoms with Gasteiger partial charge >= 0.3 is 0 Å². The number of carbonyl (C=O) groups is 2. The van der Waals surface area contributed by atoms with E-state index in [-0.39, 0.29) is 17.4 Å². The second kappa shape index (κ2) is 10.6. The van der Waals surface area contributed by atoms with Crippen molar-refractivity contribution in [3.63, 3.8) is 0 Å². The van der Waals surface area contributed by atoms with Gasteiger partial charge in [0.1, 0.15) is 17.3 Å². The van der Waals surface area contributed by atoms with Gasteiger partial charge in [0.25, 0.3) is 5.91 Å². The van der Waals surface area contributed by atoms with Gasteiger partial charge in [-0.3, -0.25) is 9.59 Å². The largest absolute Gasteiger partial charge is 0.494 e. The molecule has 0 aliphatic heterocycles. The lowest BCUT2D eigenvalue weighted by atomic mass is 10.1. The number of amides is 2. The molecule has 1 atom stereocenters. The van der Waals surface area contributed by atoms with Crippen LogP contribution in [0.3, 0.4) is 0 Å². The zero-order valence-corrected chi connectivity index (χ0v) is 18.0. The van der Waals surface area contributed by atoms with Gasteiger partial charge in [-0.05, 0) is 57.2 Å². The maximum absolute atomic E-state index is 14.3. The fourth-order valence-corrected chi connectivity index (χ4v) is 2.82. The molecule has 0 heterocycles. The van der Waals surface area contributed by atoms with E-state index in [0.29, 0.717) is 36.0 Å². The Kier molecular flexibility index (Phi) is 8.21. The molecule has 7 heteroatoms. The highest BCUT2D eigenvalue weighted by atomic mass is 19.1. The van der Waals surface area contributed by atoms with Crippen LogP contribution in [0.25, 0.3) is 0 Å². The summed E-state index contributed by atoms with van der Waals surface area (Å²) in [6, 6.07) is 8.70. The SMILES string of the molecule is CCOc1ccc(F)c(C(C)NC(=O)c2cc(NC(=O)C(C)C)ccc2OCC)c1. The number of nitrogens with one attached hydrogen (secondary N) is 2. The molecule has 0 aliphatic rings. The normalized spacial score (nSPS) is 11.7. The Balaban J connectivity index is 2.28. The third kappa shape index (κ3) is 5.95. The van der Waals surface area contributed by atoms with Crippen molar-refractivity contribution in [2.75, 3.05) is 18.5 Å². The van der Waals surface area contributed by atoms with E-state index in [1.54, 1.807) is 51.1 Å². The molecule has 0 aliphatic carbocycles. The van der Waals surface area contributed by atoms with Gasteiger partial charge in [0, 0.05) is 17.2 Å². The number of halogens is 1. The standard InChI is InChI=1S/C23H29FN2O4/c1-6-29-17-9-10-20(24)18(13-17)15(5)25-23(28)19-12-16(26-22(27)14(3)4)8-11-21(19)30-7-2/h8-15H,6-7H2,1-5H3,(H,25,28)(H,26,27). The van der Waals surface area contributed by atoms with E-state index in [1.807, 2.05) is 13.8 Å². The average Bonchev–Trinajstić information content (AvgIpc) is 2.70. The number of rotatable bonds is 9. The monoisotopic (exact) mass is 416 g/mol. The van der Waals surface area contributed by atoms with Crippen LogP contribution in [0.2, 0.25) is 0 Å². The number of hydrogen-bond donors (Lipinski definition) is 2. The molecule has 0 bridgehead atoms. The highest BCUT2D eigenvalue weighted by Crippen LogP contribution is 2.26. The van der Waals surface area contributed by atoms with E-state index >= 15 is 0 Å². The van der Waals surface area contributed by atoms with Gasteiger partial charge in [0.2, 0.25) is 5.91 Å². The Labute approximate surface area is 176 Å². The molecule has 162 valence electrons. The van der Waals surface area contributed by atoms with E-state index in [9.17, 15) is 14.0 Å². The van der Waals surface area contributed by atoms with Gasteiger partial charge in [-0.1, -0.05) is 13.8 Å². The third-order valence-electron chi connectivity index (χ3n) is 4.41. The average molecular weight is 416 g/mol. The Bertz CT molecular complexity index is 899. The second-order valence-corrected chi connectivity index (χ2v) is 7.10. The van der Waals surface area contributed by atoms with Crippen LogP contribution >= 0.6 is 0 Å². The highest BCUT2D eigenvalue weighted by Gasteiger charge is 2.20. The molecule has 2 rings (SSSR count). The summed E-state index contributed by atoms with van der Waals surface area (Å²) in [7, 11) is 0. The molecule has 0 saturated carbocycles. The predicted octanol–water partition coefficient (Wildman–Crippen LogP) is 4.71. The number of hydrogen-bond acceptors (Lipinski definition) is 4. The van der Waals surface area contributed by atoms with E-state index in [1.165, 1.54) is 6.07 Å². The Hall–Kier alpha value is -3.09. The summed E-state index contributed by atoms with van der Waals surface area (Å²) < 4.78 is 25.3. The molecule has 0 aromatic heterocycles. The molecular formula is C23H29FN2O4. The van der Waals surface area contributed by atoms with Crippen molar-refractivity contribution in [1.82, 2.24) is 5.32 Å². The van der Waals surface area contributed by atoms with Crippen molar-refractivity contribution in [2.24, 2.45) is 5.92 Å². The summed E-state index contributed by atoms with van der Waals surface area (Å²) in [5, 5.41) is 5.57. The first-order valence-electron chi connectivity index (χ1n) is 10.1. The minimum absolute atomic E-state index is 0.159. The summed E-state index contributed by atoms with van der Waals surface area (Å²) in [4.78, 5) is 25.0. The first-order valence-corrected chi connectivity index (χ1v) is 10.1. The highest BCUT2D eigenvalue weighted by molar-refractivity contribution is 6.00. The van der Waals surface area contributed by atoms with Crippen molar-refractivity contribution >= 4 is 17.5 Å². The van der Waals surface area contributed by atoms with Crippen LogP contribution in [0, 0.1) is 11.7 Å². The van der Waals surface area contributed by atoms with Gasteiger partial charge in [0.05, 0.1) is 24.8 Å². The molecular weight excluding hydrogens is 387 g/mol. The molecule has 0 radical (unpaired) electrons. The summed E-state index contributed by atoms with van der Waals surface area (Å²) in [6.07, 6.45) is 0. The van der Waals surface area contributed by atoms with E-state index < -0.39 is 17.8 Å². The Morgan fingerprint density at radius 2 is 1.70 bits per heavy atom. The molecule has 30 heavy (non-hydrogen) atoms. The van der Waals surface area contributed by atoms with Crippen LogP contribution in [0.4, 0.5) is 10.1 Å². The first kappa shape index (κ1) is 23.2. The third-order valence-corrected chi connectivity index (χ3v) is 4.41. The van der Waals surface area contributed by atoms with Crippen LogP contribution in [0.1, 0.15) is 56.6 Å². The predicted molar refractivity (Wildman–Crippen MR) is 115 cm³/mol. The number of carbonyl (C=O) groups excluding carboxylic acids is 2. The quantitative estimate of drug-likeness (QED) is 0.621. The number of ether oxygens (including phenoxy) is 2. The van der Waals surface area contributed by atoms with Crippen molar-refractivity contribution in [3.05, 3.63) is 53.3 Å². The Morgan fingerprint density at radius 3 is 2.33 bits per heavy atom. The topological polar surface area (TPSA) is 76.7 Å². The van der Waals surface area contributed by atoms with E-state index in [4.69, 9.17) is 9.47 Å². The van der Waals surface area contributed by atoms with Gasteiger partial charge in [-0.2, -0.15) is 0 Å². The Morgan fingerprint density at radius 1 is 1.00 bits per heavy atom. The fourth-order valence-electron chi connectivity index (χ4n) is 2.82. The van der Waals surface area contributed by atoms with E-state index in [2.05, 4.69) is 10.6 Å². The van der Waals surface area contributed by atoms with Crippen LogP contribution in [0.15, 0.2) is 36.4 Å². The van der Waals surface area contributed by atoms with Gasteiger partial charge in [-0.25, -0.2) is 4.39 Å². The first-order chi connectivity index (χ1) is 14.3. The van der Waals surface area contributed by atoms with Crippen molar-refractivity contribution < 1.29 is 23.5 Å². The van der Waals surface area contributed by atoms with E-state index in [0.717, 1.165) is 0 Å². The lowest BCUT2D eigenvalue weighted by Crippen LogP contribution is -2.28. The minimum Gasteiger partial charge on any atom is -0.494 e. The summed E-state index contributed by atoms with van der Waals surface area (Å²) >= 11 is 0. The molecule has 2 amide bonds. The molecule has 0 spiro atoms. The maximum Gasteiger partial charge on any atom is 0.255 e. The van der Waals surface area contributed by atoms with Crippen molar-refractivity contribution in [2.45, 2.75) is 40.7 Å².